The fourth-order valence-corrected chi connectivity index (χ4v) is 5.17. The van der Waals surface area contributed by atoms with Gasteiger partial charge in [-0.15, -0.1) is 5.10 Å². The topological polar surface area (TPSA) is 88.1 Å². The molecule has 1 atom stereocenters. The van der Waals surface area contributed by atoms with Gasteiger partial charge in [-0.3, -0.25) is 0 Å². The number of aromatic nitrogens is 3. The lowest BCUT2D eigenvalue weighted by Gasteiger charge is -2.24. The molecule has 0 aromatic carbocycles. The van der Waals surface area contributed by atoms with Gasteiger partial charge < -0.3 is 10.2 Å². The molecule has 1 aromatic rings. The first-order chi connectivity index (χ1) is 11.0. The van der Waals surface area contributed by atoms with E-state index in [1.54, 1.807) is 6.20 Å². The van der Waals surface area contributed by atoms with E-state index in [-0.39, 0.29) is 17.5 Å². The van der Waals surface area contributed by atoms with E-state index < -0.39 is 9.84 Å². The second-order valence-corrected chi connectivity index (χ2v) is 8.87. The van der Waals surface area contributed by atoms with Crippen LogP contribution in [0.15, 0.2) is 6.20 Å². The summed E-state index contributed by atoms with van der Waals surface area (Å²) in [6.45, 7) is 0. The molecule has 1 N–H and O–H groups in total. The Bertz CT molecular complexity index is 629. The van der Waals surface area contributed by atoms with Gasteiger partial charge >= 0.3 is 0 Å². The molecule has 7 nitrogen and oxygen atoms in total. The lowest BCUT2D eigenvalue weighted by atomic mass is 10.1. The van der Waals surface area contributed by atoms with Crippen LogP contribution in [0, 0.1) is 0 Å². The summed E-state index contributed by atoms with van der Waals surface area (Å²) >= 11 is 0. The Morgan fingerprint density at radius 1 is 1.17 bits per heavy atom. The predicted octanol–water partition coefficient (Wildman–Crippen LogP) is 1.63. The van der Waals surface area contributed by atoms with E-state index in [1.807, 2.05) is 11.9 Å². The summed E-state index contributed by atoms with van der Waals surface area (Å²) in [5.41, 5.74) is 0. The number of rotatable bonds is 4. The number of sulfone groups is 1. The molecule has 2 aliphatic rings. The van der Waals surface area contributed by atoms with Crippen LogP contribution < -0.4 is 10.2 Å². The molecule has 8 heteroatoms. The van der Waals surface area contributed by atoms with Gasteiger partial charge in [0.2, 0.25) is 5.95 Å². The molecule has 128 valence electrons. The van der Waals surface area contributed by atoms with Gasteiger partial charge in [-0.1, -0.05) is 25.7 Å². The van der Waals surface area contributed by atoms with Gasteiger partial charge in [0.25, 0.3) is 0 Å². The van der Waals surface area contributed by atoms with Crippen LogP contribution in [0.3, 0.4) is 0 Å². The molecular formula is C15H25N5O2S. The van der Waals surface area contributed by atoms with Crippen molar-refractivity contribution < 1.29 is 8.42 Å². The van der Waals surface area contributed by atoms with Gasteiger partial charge in [-0.25, -0.2) is 8.42 Å². The summed E-state index contributed by atoms with van der Waals surface area (Å²) < 4.78 is 23.3. The largest absolute Gasteiger partial charge is 0.354 e. The summed E-state index contributed by atoms with van der Waals surface area (Å²) in [6.07, 6.45) is 9.62. The molecule has 2 heterocycles. The highest BCUT2D eigenvalue weighted by Gasteiger charge is 2.31. The molecule has 1 saturated heterocycles. The predicted molar refractivity (Wildman–Crippen MR) is 90.4 cm³/mol. The van der Waals surface area contributed by atoms with Crippen LogP contribution in [0.1, 0.15) is 44.9 Å². The van der Waals surface area contributed by atoms with E-state index in [0.717, 1.165) is 12.8 Å². The van der Waals surface area contributed by atoms with Crippen LogP contribution >= 0.6 is 0 Å². The molecule has 2 fully saturated rings. The molecule has 1 unspecified atom stereocenters. The Balaban J connectivity index is 1.67. The van der Waals surface area contributed by atoms with Crippen LogP contribution in [0.4, 0.5) is 11.8 Å². The summed E-state index contributed by atoms with van der Waals surface area (Å²) in [5, 5.41) is 11.5. The molecule has 23 heavy (non-hydrogen) atoms. The lowest BCUT2D eigenvalue weighted by molar-refractivity contribution is 0.600. The van der Waals surface area contributed by atoms with Crippen molar-refractivity contribution >= 4 is 21.6 Å². The summed E-state index contributed by atoms with van der Waals surface area (Å²) in [6, 6.07) is 0.383. The SMILES string of the molecule is CN(c1cnnc(NC2CCCCCC2)n1)C1CCS(=O)(=O)C1. The molecule has 1 saturated carbocycles. The zero-order valence-corrected chi connectivity index (χ0v) is 14.4. The molecule has 1 aliphatic heterocycles. The maximum atomic E-state index is 11.7. The number of nitrogens with one attached hydrogen (secondary N) is 1. The smallest absolute Gasteiger partial charge is 0.244 e. The van der Waals surface area contributed by atoms with E-state index in [4.69, 9.17) is 0 Å². The number of hydrogen-bond donors (Lipinski definition) is 1. The van der Waals surface area contributed by atoms with Crippen molar-refractivity contribution in [2.45, 2.75) is 57.0 Å². The van der Waals surface area contributed by atoms with Crippen molar-refractivity contribution in [3.05, 3.63) is 6.20 Å². The van der Waals surface area contributed by atoms with Gasteiger partial charge in [-0.05, 0) is 19.3 Å². The van der Waals surface area contributed by atoms with Crippen molar-refractivity contribution in [3.63, 3.8) is 0 Å². The average molecular weight is 339 g/mol. The van der Waals surface area contributed by atoms with E-state index in [0.29, 0.717) is 24.2 Å². The highest BCUT2D eigenvalue weighted by Crippen LogP contribution is 2.23. The Kier molecular flexibility index (Phi) is 4.99. The van der Waals surface area contributed by atoms with E-state index in [9.17, 15) is 8.42 Å². The Morgan fingerprint density at radius 3 is 2.57 bits per heavy atom. The molecule has 0 amide bonds. The third-order valence-electron chi connectivity index (χ3n) is 4.85. The second-order valence-electron chi connectivity index (χ2n) is 6.64. The van der Waals surface area contributed by atoms with E-state index in [1.165, 1.54) is 25.7 Å². The highest BCUT2D eigenvalue weighted by atomic mass is 32.2. The van der Waals surface area contributed by atoms with Gasteiger partial charge in [0.15, 0.2) is 15.7 Å². The number of nitrogens with zero attached hydrogens (tertiary/aromatic N) is 4. The normalized spacial score (nSPS) is 25.0. The van der Waals surface area contributed by atoms with Crippen LogP contribution in [-0.2, 0) is 9.84 Å². The van der Waals surface area contributed by atoms with Crippen molar-refractivity contribution in [1.29, 1.82) is 0 Å². The molecule has 0 radical (unpaired) electrons. The van der Waals surface area contributed by atoms with Crippen LogP contribution in [0.25, 0.3) is 0 Å². The Labute approximate surface area is 137 Å². The molecule has 0 spiro atoms. The van der Waals surface area contributed by atoms with E-state index >= 15 is 0 Å². The lowest BCUT2D eigenvalue weighted by Crippen LogP contribution is -2.33. The van der Waals surface area contributed by atoms with Crippen LogP contribution in [0.2, 0.25) is 0 Å². The highest BCUT2D eigenvalue weighted by molar-refractivity contribution is 7.91. The minimum atomic E-state index is -2.91. The third-order valence-corrected chi connectivity index (χ3v) is 6.60. The third kappa shape index (κ3) is 4.31. The molecule has 1 aromatic heterocycles. The van der Waals surface area contributed by atoms with Crippen molar-refractivity contribution in [1.82, 2.24) is 15.2 Å². The standard InChI is InChI=1S/C15H25N5O2S/c1-20(13-8-9-23(21,22)11-13)14-10-16-19-15(18-14)17-12-6-4-2-3-5-7-12/h10,12-13H,2-9,11H2,1H3,(H,17,18,19). The minimum absolute atomic E-state index is 0.0255. The van der Waals surface area contributed by atoms with Gasteiger partial charge in [-0.2, -0.15) is 10.1 Å². The first-order valence-corrected chi connectivity index (χ1v) is 10.3. The summed E-state index contributed by atoms with van der Waals surface area (Å²) in [7, 11) is -1.03. The van der Waals surface area contributed by atoms with Crippen molar-refractivity contribution in [2.75, 3.05) is 28.8 Å². The zero-order valence-electron chi connectivity index (χ0n) is 13.6. The first-order valence-electron chi connectivity index (χ1n) is 8.43. The maximum Gasteiger partial charge on any atom is 0.244 e. The van der Waals surface area contributed by atoms with Crippen LogP contribution in [-0.4, -0.2) is 54.2 Å². The maximum absolute atomic E-state index is 11.7. The fourth-order valence-electron chi connectivity index (χ4n) is 3.40. The van der Waals surface area contributed by atoms with Crippen molar-refractivity contribution in [2.24, 2.45) is 0 Å². The molecule has 1 aliphatic carbocycles. The van der Waals surface area contributed by atoms with E-state index in [2.05, 4.69) is 20.5 Å². The average Bonchev–Trinajstić information content (AvgIpc) is 2.73. The molecule has 3 rings (SSSR count). The van der Waals surface area contributed by atoms with Gasteiger partial charge in [0, 0.05) is 19.1 Å². The molecule has 0 bridgehead atoms. The Morgan fingerprint density at radius 2 is 1.91 bits per heavy atom. The quantitative estimate of drug-likeness (QED) is 0.834. The zero-order chi connectivity index (χ0) is 16.3. The van der Waals surface area contributed by atoms with Gasteiger partial charge in [0.05, 0.1) is 17.7 Å². The van der Waals surface area contributed by atoms with Crippen molar-refractivity contribution in [3.8, 4) is 0 Å². The summed E-state index contributed by atoms with van der Waals surface area (Å²) in [5.74, 6) is 1.67. The monoisotopic (exact) mass is 339 g/mol. The fraction of sp³-hybridized carbons (Fsp3) is 0.800. The minimum Gasteiger partial charge on any atom is -0.354 e. The Hall–Kier alpha value is -1.44. The second kappa shape index (κ2) is 6.98. The van der Waals surface area contributed by atoms with Crippen LogP contribution in [0.5, 0.6) is 0 Å². The summed E-state index contributed by atoms with van der Waals surface area (Å²) in [4.78, 5) is 6.45. The molecular weight excluding hydrogens is 314 g/mol. The van der Waals surface area contributed by atoms with Gasteiger partial charge in [0.1, 0.15) is 0 Å². The number of anilines is 2. The number of hydrogen-bond acceptors (Lipinski definition) is 7. The first kappa shape index (κ1) is 16.4.